The molecule has 0 saturated carbocycles. The standard InChI is InChI=1S/C15H12FNO3/c1-2-20-15(19)14-8-10(7-11(9-18)17-14)12-5-3-4-6-13(12)16/h3-9H,2H2,1H3. The fourth-order valence-electron chi connectivity index (χ4n) is 1.77. The van der Waals surface area contributed by atoms with E-state index in [-0.39, 0.29) is 18.0 Å². The van der Waals surface area contributed by atoms with Gasteiger partial charge in [-0.05, 0) is 30.7 Å². The number of carbonyl (C=O) groups excluding carboxylic acids is 2. The van der Waals surface area contributed by atoms with E-state index in [1.54, 1.807) is 25.1 Å². The predicted octanol–water partition coefficient (Wildman–Crippen LogP) is 2.88. The van der Waals surface area contributed by atoms with Crippen LogP contribution in [0.2, 0.25) is 0 Å². The second-order valence-corrected chi connectivity index (χ2v) is 3.98. The molecule has 1 aromatic heterocycles. The van der Waals surface area contributed by atoms with Gasteiger partial charge in [0.1, 0.15) is 17.2 Å². The van der Waals surface area contributed by atoms with Crippen LogP contribution in [0.1, 0.15) is 27.9 Å². The topological polar surface area (TPSA) is 56.3 Å². The Hall–Kier alpha value is -2.56. The minimum atomic E-state index is -0.645. The number of aldehydes is 1. The lowest BCUT2D eigenvalue weighted by Crippen LogP contribution is -2.09. The lowest BCUT2D eigenvalue weighted by atomic mass is 10.0. The van der Waals surface area contributed by atoms with Crippen molar-refractivity contribution in [2.45, 2.75) is 6.92 Å². The van der Waals surface area contributed by atoms with Crippen molar-refractivity contribution in [3.8, 4) is 11.1 Å². The van der Waals surface area contributed by atoms with Crippen molar-refractivity contribution in [2.24, 2.45) is 0 Å². The molecule has 1 aromatic carbocycles. The maximum Gasteiger partial charge on any atom is 0.356 e. The normalized spacial score (nSPS) is 10.1. The molecule has 0 aliphatic carbocycles. The SMILES string of the molecule is CCOC(=O)c1cc(-c2ccccc2F)cc(C=O)n1. The smallest absolute Gasteiger partial charge is 0.356 e. The summed E-state index contributed by atoms with van der Waals surface area (Å²) >= 11 is 0. The maximum absolute atomic E-state index is 13.8. The molecular formula is C15H12FNO3. The van der Waals surface area contributed by atoms with Crippen LogP contribution in [0.25, 0.3) is 11.1 Å². The molecule has 102 valence electrons. The number of carbonyl (C=O) groups is 2. The first kappa shape index (κ1) is 13.9. The fourth-order valence-corrected chi connectivity index (χ4v) is 1.77. The summed E-state index contributed by atoms with van der Waals surface area (Å²) in [6, 6.07) is 8.93. The fraction of sp³-hybridized carbons (Fsp3) is 0.133. The van der Waals surface area contributed by atoms with Gasteiger partial charge in [-0.3, -0.25) is 4.79 Å². The van der Waals surface area contributed by atoms with Crippen molar-refractivity contribution < 1.29 is 18.7 Å². The van der Waals surface area contributed by atoms with Gasteiger partial charge in [-0.25, -0.2) is 14.2 Å². The van der Waals surface area contributed by atoms with Crippen molar-refractivity contribution >= 4 is 12.3 Å². The second-order valence-electron chi connectivity index (χ2n) is 3.98. The Bertz CT molecular complexity index is 655. The Morgan fingerprint density at radius 3 is 2.75 bits per heavy atom. The zero-order valence-electron chi connectivity index (χ0n) is 10.8. The molecule has 0 saturated heterocycles. The molecule has 5 heteroatoms. The first-order valence-corrected chi connectivity index (χ1v) is 6.05. The average Bonchev–Trinajstić information content (AvgIpc) is 2.47. The van der Waals surface area contributed by atoms with Gasteiger partial charge < -0.3 is 4.74 Å². The highest BCUT2D eigenvalue weighted by Crippen LogP contribution is 2.23. The van der Waals surface area contributed by atoms with E-state index in [9.17, 15) is 14.0 Å². The van der Waals surface area contributed by atoms with Crippen molar-refractivity contribution in [1.29, 1.82) is 0 Å². The Kier molecular flexibility index (Phi) is 4.20. The molecule has 0 fully saturated rings. The Balaban J connectivity index is 2.54. The number of rotatable bonds is 4. The molecule has 4 nitrogen and oxygen atoms in total. The quantitative estimate of drug-likeness (QED) is 0.635. The molecule has 2 aromatic rings. The van der Waals surface area contributed by atoms with Crippen molar-refractivity contribution in [1.82, 2.24) is 4.98 Å². The van der Waals surface area contributed by atoms with Gasteiger partial charge in [-0.15, -0.1) is 0 Å². The highest BCUT2D eigenvalue weighted by Gasteiger charge is 2.14. The van der Waals surface area contributed by atoms with Gasteiger partial charge in [0.15, 0.2) is 6.29 Å². The summed E-state index contributed by atoms with van der Waals surface area (Å²) in [5.41, 5.74) is 0.732. The maximum atomic E-state index is 13.8. The van der Waals surface area contributed by atoms with Crippen molar-refractivity contribution in [3.05, 3.63) is 53.6 Å². The minimum Gasteiger partial charge on any atom is -0.461 e. The van der Waals surface area contributed by atoms with E-state index < -0.39 is 11.8 Å². The number of halogens is 1. The summed E-state index contributed by atoms with van der Waals surface area (Å²) < 4.78 is 18.6. The van der Waals surface area contributed by atoms with Gasteiger partial charge in [-0.1, -0.05) is 18.2 Å². The summed E-state index contributed by atoms with van der Waals surface area (Å²) in [5, 5.41) is 0. The number of esters is 1. The van der Waals surface area contributed by atoms with E-state index in [0.717, 1.165) is 0 Å². The van der Waals surface area contributed by atoms with Crippen LogP contribution in [0.4, 0.5) is 4.39 Å². The van der Waals surface area contributed by atoms with Gasteiger partial charge >= 0.3 is 5.97 Å². The number of nitrogens with zero attached hydrogens (tertiary/aromatic N) is 1. The number of ether oxygens (including phenoxy) is 1. The zero-order chi connectivity index (χ0) is 14.5. The van der Waals surface area contributed by atoms with Gasteiger partial charge in [0, 0.05) is 5.56 Å². The summed E-state index contributed by atoms with van der Waals surface area (Å²) in [7, 11) is 0. The van der Waals surface area contributed by atoms with Gasteiger partial charge in [0.05, 0.1) is 6.61 Å². The van der Waals surface area contributed by atoms with Gasteiger partial charge in [0.2, 0.25) is 0 Å². The van der Waals surface area contributed by atoms with Gasteiger partial charge in [0.25, 0.3) is 0 Å². The Morgan fingerprint density at radius 2 is 2.10 bits per heavy atom. The van der Waals surface area contributed by atoms with Crippen molar-refractivity contribution in [3.63, 3.8) is 0 Å². The van der Waals surface area contributed by atoms with E-state index in [2.05, 4.69) is 4.98 Å². The molecular weight excluding hydrogens is 261 g/mol. The highest BCUT2D eigenvalue weighted by atomic mass is 19.1. The highest BCUT2D eigenvalue weighted by molar-refractivity contribution is 5.90. The first-order valence-electron chi connectivity index (χ1n) is 6.05. The third-order valence-electron chi connectivity index (χ3n) is 2.64. The molecule has 0 amide bonds. The van der Waals surface area contributed by atoms with Crippen LogP contribution in [-0.2, 0) is 4.74 Å². The summed E-state index contributed by atoms with van der Waals surface area (Å²) in [4.78, 5) is 26.4. The van der Waals surface area contributed by atoms with Crippen LogP contribution in [0.5, 0.6) is 0 Å². The van der Waals surface area contributed by atoms with Crippen LogP contribution < -0.4 is 0 Å². The molecule has 0 spiro atoms. The third kappa shape index (κ3) is 2.88. The van der Waals surface area contributed by atoms with Crippen LogP contribution in [0.15, 0.2) is 36.4 Å². The molecule has 0 atom stereocenters. The number of benzene rings is 1. The number of hydrogen-bond acceptors (Lipinski definition) is 4. The summed E-state index contributed by atoms with van der Waals surface area (Å²) in [6.45, 7) is 1.86. The van der Waals surface area contributed by atoms with Crippen LogP contribution >= 0.6 is 0 Å². The monoisotopic (exact) mass is 273 g/mol. The van der Waals surface area contributed by atoms with Crippen LogP contribution in [0.3, 0.4) is 0 Å². The Labute approximate surface area is 115 Å². The molecule has 0 radical (unpaired) electrons. The molecule has 1 heterocycles. The van der Waals surface area contributed by atoms with Gasteiger partial charge in [-0.2, -0.15) is 0 Å². The van der Waals surface area contributed by atoms with Crippen molar-refractivity contribution in [2.75, 3.05) is 6.61 Å². The number of aromatic nitrogens is 1. The molecule has 0 N–H and O–H groups in total. The van der Waals surface area contributed by atoms with E-state index in [0.29, 0.717) is 17.4 Å². The van der Waals surface area contributed by atoms with E-state index >= 15 is 0 Å². The van der Waals surface area contributed by atoms with E-state index in [4.69, 9.17) is 4.74 Å². The predicted molar refractivity (Wildman–Crippen MR) is 71.0 cm³/mol. The number of pyridine rings is 1. The molecule has 0 bridgehead atoms. The lowest BCUT2D eigenvalue weighted by molar-refractivity contribution is 0.0519. The van der Waals surface area contributed by atoms with E-state index in [1.165, 1.54) is 18.2 Å². The largest absolute Gasteiger partial charge is 0.461 e. The second kappa shape index (κ2) is 6.06. The third-order valence-corrected chi connectivity index (χ3v) is 2.64. The molecule has 0 unspecified atom stereocenters. The molecule has 20 heavy (non-hydrogen) atoms. The Morgan fingerprint density at radius 1 is 1.35 bits per heavy atom. The summed E-state index contributed by atoms with van der Waals surface area (Å²) in [6.07, 6.45) is 0.507. The van der Waals surface area contributed by atoms with Crippen LogP contribution in [0, 0.1) is 5.82 Å². The summed E-state index contributed by atoms with van der Waals surface area (Å²) in [5.74, 6) is -1.08. The minimum absolute atomic E-state index is 0.0188. The molecule has 0 aliphatic heterocycles. The lowest BCUT2D eigenvalue weighted by Gasteiger charge is -2.07. The first-order chi connectivity index (χ1) is 9.65. The molecule has 0 aliphatic rings. The zero-order valence-corrected chi connectivity index (χ0v) is 10.8. The van der Waals surface area contributed by atoms with E-state index in [1.807, 2.05) is 0 Å². The van der Waals surface area contributed by atoms with Crippen LogP contribution in [-0.4, -0.2) is 23.8 Å². The number of hydrogen-bond donors (Lipinski definition) is 0. The molecule has 2 rings (SSSR count). The average molecular weight is 273 g/mol.